The molecular formula is C12H24O3. The molecule has 0 aliphatic rings. The van der Waals surface area contributed by atoms with Crippen molar-refractivity contribution in [3.63, 3.8) is 0 Å². The Morgan fingerprint density at radius 3 is 2.47 bits per heavy atom. The van der Waals surface area contributed by atoms with Crippen LogP contribution in [0.3, 0.4) is 0 Å². The fourth-order valence-corrected chi connectivity index (χ4v) is 1.49. The van der Waals surface area contributed by atoms with Gasteiger partial charge < -0.3 is 9.84 Å². The molecule has 0 rings (SSSR count). The molecule has 1 atom stereocenters. The molecule has 0 saturated carbocycles. The summed E-state index contributed by atoms with van der Waals surface area (Å²) in [6.07, 6.45) is 4.25. The fraction of sp³-hybridized carbons (Fsp3) is 0.917. The van der Waals surface area contributed by atoms with Gasteiger partial charge in [-0.25, -0.2) is 0 Å². The zero-order valence-corrected chi connectivity index (χ0v) is 10.4. The van der Waals surface area contributed by atoms with E-state index in [0.29, 0.717) is 12.3 Å². The summed E-state index contributed by atoms with van der Waals surface area (Å²) in [7, 11) is 1.42. The Kier molecular flexibility index (Phi) is 6.57. The third kappa shape index (κ3) is 9.73. The normalized spacial score (nSPS) is 13.7. The van der Waals surface area contributed by atoms with Crippen molar-refractivity contribution in [1.82, 2.24) is 0 Å². The molecule has 0 heterocycles. The summed E-state index contributed by atoms with van der Waals surface area (Å²) in [5.74, 6) is 0.385. The minimum Gasteiger partial charge on any atom is -0.469 e. The molecule has 15 heavy (non-hydrogen) atoms. The Balaban J connectivity index is 3.49. The first-order valence-electron chi connectivity index (χ1n) is 5.64. The first kappa shape index (κ1) is 14.4. The average molecular weight is 216 g/mol. The van der Waals surface area contributed by atoms with Crippen molar-refractivity contribution < 1.29 is 14.6 Å². The number of hydrogen-bond donors (Lipinski definition) is 1. The van der Waals surface area contributed by atoms with E-state index in [4.69, 9.17) is 0 Å². The number of hydrogen-bond acceptors (Lipinski definition) is 3. The van der Waals surface area contributed by atoms with Crippen LogP contribution in [0.4, 0.5) is 0 Å². The van der Waals surface area contributed by atoms with E-state index >= 15 is 0 Å². The van der Waals surface area contributed by atoms with Gasteiger partial charge in [0.2, 0.25) is 0 Å². The molecule has 90 valence electrons. The summed E-state index contributed by atoms with van der Waals surface area (Å²) >= 11 is 0. The number of ether oxygens (including phenoxy) is 1. The summed E-state index contributed by atoms with van der Waals surface area (Å²) in [6, 6.07) is 0. The number of esters is 1. The molecule has 3 nitrogen and oxygen atoms in total. The molecule has 0 bridgehead atoms. The summed E-state index contributed by atoms with van der Waals surface area (Å²) < 4.78 is 4.58. The Morgan fingerprint density at radius 1 is 1.40 bits per heavy atom. The van der Waals surface area contributed by atoms with E-state index in [9.17, 15) is 9.90 Å². The Labute approximate surface area is 92.8 Å². The third-order valence-corrected chi connectivity index (χ3v) is 2.55. The smallest absolute Gasteiger partial charge is 0.305 e. The molecule has 0 saturated heterocycles. The van der Waals surface area contributed by atoms with Gasteiger partial charge in [-0.2, -0.15) is 0 Å². The molecule has 1 N–H and O–H groups in total. The molecule has 0 spiro atoms. The van der Waals surface area contributed by atoms with Crippen LogP contribution in [-0.4, -0.2) is 23.8 Å². The lowest BCUT2D eigenvalue weighted by atomic mass is 9.94. The standard InChI is InChI=1S/C12H24O3/c1-10(7-8-11(13)15-4)6-5-9-12(2,3)14/h10,14H,5-9H2,1-4H3. The van der Waals surface area contributed by atoms with Crippen molar-refractivity contribution in [2.75, 3.05) is 7.11 Å². The average Bonchev–Trinajstić information content (AvgIpc) is 2.12. The van der Waals surface area contributed by atoms with Gasteiger partial charge in [0, 0.05) is 6.42 Å². The quantitative estimate of drug-likeness (QED) is 0.665. The summed E-state index contributed by atoms with van der Waals surface area (Å²) in [5.41, 5.74) is -0.567. The van der Waals surface area contributed by atoms with Crippen LogP contribution in [0.25, 0.3) is 0 Å². The predicted octanol–water partition coefficient (Wildman–Crippen LogP) is 2.52. The van der Waals surface area contributed by atoms with Crippen molar-refractivity contribution >= 4 is 5.97 Å². The van der Waals surface area contributed by atoms with Crippen LogP contribution in [0.2, 0.25) is 0 Å². The van der Waals surface area contributed by atoms with Gasteiger partial charge in [-0.05, 0) is 32.6 Å². The van der Waals surface area contributed by atoms with Crippen LogP contribution in [0.1, 0.15) is 52.9 Å². The van der Waals surface area contributed by atoms with E-state index in [0.717, 1.165) is 25.7 Å². The van der Waals surface area contributed by atoms with E-state index in [2.05, 4.69) is 11.7 Å². The topological polar surface area (TPSA) is 46.5 Å². The highest BCUT2D eigenvalue weighted by Gasteiger charge is 2.13. The molecule has 0 aliphatic heterocycles. The van der Waals surface area contributed by atoms with Crippen molar-refractivity contribution in [3.05, 3.63) is 0 Å². The van der Waals surface area contributed by atoms with Crippen LogP contribution >= 0.6 is 0 Å². The number of carbonyl (C=O) groups excluding carboxylic acids is 1. The first-order chi connectivity index (χ1) is 6.85. The maximum absolute atomic E-state index is 10.9. The van der Waals surface area contributed by atoms with Crippen molar-refractivity contribution in [2.45, 2.75) is 58.5 Å². The summed E-state index contributed by atoms with van der Waals surface area (Å²) in [4.78, 5) is 10.9. The second-order valence-electron chi connectivity index (χ2n) is 4.92. The molecule has 0 aromatic heterocycles. The molecule has 0 amide bonds. The van der Waals surface area contributed by atoms with Gasteiger partial charge in [-0.3, -0.25) is 4.79 Å². The lowest BCUT2D eigenvalue weighted by molar-refractivity contribution is -0.140. The van der Waals surface area contributed by atoms with E-state index in [1.54, 1.807) is 0 Å². The van der Waals surface area contributed by atoms with Crippen LogP contribution in [0.5, 0.6) is 0 Å². The molecule has 0 aromatic carbocycles. The lowest BCUT2D eigenvalue weighted by Crippen LogP contribution is -2.18. The summed E-state index contributed by atoms with van der Waals surface area (Å²) in [5, 5.41) is 9.51. The van der Waals surface area contributed by atoms with E-state index in [-0.39, 0.29) is 5.97 Å². The van der Waals surface area contributed by atoms with Gasteiger partial charge in [0.25, 0.3) is 0 Å². The second-order valence-corrected chi connectivity index (χ2v) is 4.92. The van der Waals surface area contributed by atoms with E-state index < -0.39 is 5.60 Å². The Morgan fingerprint density at radius 2 is 2.00 bits per heavy atom. The highest BCUT2D eigenvalue weighted by atomic mass is 16.5. The molecule has 0 aliphatic carbocycles. The van der Waals surface area contributed by atoms with Gasteiger partial charge in [0.1, 0.15) is 0 Å². The number of aliphatic hydroxyl groups is 1. The molecule has 0 fully saturated rings. The molecule has 0 aromatic rings. The van der Waals surface area contributed by atoms with E-state index in [1.165, 1.54) is 7.11 Å². The van der Waals surface area contributed by atoms with Crippen LogP contribution in [-0.2, 0) is 9.53 Å². The summed E-state index contributed by atoms with van der Waals surface area (Å²) in [6.45, 7) is 5.78. The van der Waals surface area contributed by atoms with E-state index in [1.807, 2.05) is 13.8 Å². The van der Waals surface area contributed by atoms with Crippen LogP contribution < -0.4 is 0 Å². The molecular weight excluding hydrogens is 192 g/mol. The molecule has 1 unspecified atom stereocenters. The third-order valence-electron chi connectivity index (χ3n) is 2.55. The van der Waals surface area contributed by atoms with Gasteiger partial charge in [-0.15, -0.1) is 0 Å². The van der Waals surface area contributed by atoms with Crippen molar-refractivity contribution in [3.8, 4) is 0 Å². The molecule has 0 radical (unpaired) electrons. The van der Waals surface area contributed by atoms with Crippen LogP contribution in [0, 0.1) is 5.92 Å². The van der Waals surface area contributed by atoms with Gasteiger partial charge in [-0.1, -0.05) is 19.8 Å². The van der Waals surface area contributed by atoms with Gasteiger partial charge in [0.05, 0.1) is 12.7 Å². The largest absolute Gasteiger partial charge is 0.469 e. The number of rotatable bonds is 7. The fourth-order valence-electron chi connectivity index (χ4n) is 1.49. The number of carbonyl (C=O) groups is 1. The highest BCUT2D eigenvalue weighted by molar-refractivity contribution is 5.69. The maximum Gasteiger partial charge on any atom is 0.305 e. The number of methoxy groups -OCH3 is 1. The minimum atomic E-state index is -0.567. The molecule has 3 heteroatoms. The SMILES string of the molecule is COC(=O)CCC(C)CCCC(C)(C)O. The second kappa shape index (κ2) is 6.83. The minimum absolute atomic E-state index is 0.135. The van der Waals surface area contributed by atoms with Crippen LogP contribution in [0.15, 0.2) is 0 Å². The maximum atomic E-state index is 10.9. The monoisotopic (exact) mass is 216 g/mol. The zero-order chi connectivity index (χ0) is 11.9. The first-order valence-corrected chi connectivity index (χ1v) is 5.64. The van der Waals surface area contributed by atoms with Gasteiger partial charge in [0.15, 0.2) is 0 Å². The predicted molar refractivity (Wildman–Crippen MR) is 60.6 cm³/mol. The van der Waals surface area contributed by atoms with Crippen molar-refractivity contribution in [2.24, 2.45) is 5.92 Å². The lowest BCUT2D eigenvalue weighted by Gasteiger charge is -2.18. The van der Waals surface area contributed by atoms with Gasteiger partial charge >= 0.3 is 5.97 Å². The van der Waals surface area contributed by atoms with Crippen molar-refractivity contribution in [1.29, 1.82) is 0 Å². The highest BCUT2D eigenvalue weighted by Crippen LogP contribution is 2.18. The Bertz CT molecular complexity index is 182. The Hall–Kier alpha value is -0.570. The zero-order valence-electron chi connectivity index (χ0n) is 10.4.